The number of rotatable bonds is 8. The van der Waals surface area contributed by atoms with E-state index in [0.29, 0.717) is 0 Å². The van der Waals surface area contributed by atoms with Gasteiger partial charge >= 0.3 is 0 Å². The first-order valence-electron chi connectivity index (χ1n) is 9.25. The lowest BCUT2D eigenvalue weighted by molar-refractivity contribution is 0.253. The monoisotopic (exact) mass is 363 g/mol. The first-order chi connectivity index (χ1) is 12.7. The van der Waals surface area contributed by atoms with Crippen LogP contribution in [0, 0.1) is 6.92 Å². The van der Waals surface area contributed by atoms with Crippen LogP contribution in [0.2, 0.25) is 5.02 Å². The highest BCUT2D eigenvalue weighted by atomic mass is 35.5. The highest BCUT2D eigenvalue weighted by Crippen LogP contribution is 2.16. The molecular weight excluding hydrogens is 338 g/mol. The molecule has 0 aliphatic rings. The van der Waals surface area contributed by atoms with Crippen molar-refractivity contribution in [2.75, 3.05) is 6.54 Å². The van der Waals surface area contributed by atoms with Crippen LogP contribution in [0.25, 0.3) is 0 Å². The minimum Gasteiger partial charge on any atom is -0.295 e. The predicted molar refractivity (Wildman–Crippen MR) is 112 cm³/mol. The van der Waals surface area contributed by atoms with Gasteiger partial charge in [0.15, 0.2) is 0 Å². The normalized spacial score (nSPS) is 11.0. The summed E-state index contributed by atoms with van der Waals surface area (Å²) in [6, 6.07) is 27.8. The van der Waals surface area contributed by atoms with Gasteiger partial charge in [-0.15, -0.1) is 0 Å². The fourth-order valence-electron chi connectivity index (χ4n) is 3.21. The molecule has 26 heavy (non-hydrogen) atoms. The smallest absolute Gasteiger partial charge is 0.0409 e. The molecule has 2 heteroatoms. The molecule has 3 aromatic rings. The van der Waals surface area contributed by atoms with Crippen molar-refractivity contribution in [3.05, 3.63) is 106 Å². The van der Waals surface area contributed by atoms with Crippen molar-refractivity contribution in [2.24, 2.45) is 0 Å². The van der Waals surface area contributed by atoms with Gasteiger partial charge in [0.25, 0.3) is 0 Å². The molecular formula is C24H26ClN. The minimum absolute atomic E-state index is 0.807. The maximum Gasteiger partial charge on any atom is 0.0409 e. The summed E-state index contributed by atoms with van der Waals surface area (Å²) in [7, 11) is 0. The van der Waals surface area contributed by atoms with E-state index in [1.165, 1.54) is 22.3 Å². The van der Waals surface area contributed by atoms with E-state index in [4.69, 9.17) is 11.6 Å². The second-order valence-electron chi connectivity index (χ2n) is 6.92. The van der Waals surface area contributed by atoms with Gasteiger partial charge < -0.3 is 0 Å². The first-order valence-corrected chi connectivity index (χ1v) is 9.63. The Kier molecular flexibility index (Phi) is 6.88. The first kappa shape index (κ1) is 18.7. The van der Waals surface area contributed by atoms with Gasteiger partial charge in [0.05, 0.1) is 0 Å². The van der Waals surface area contributed by atoms with Gasteiger partial charge in [0.2, 0.25) is 0 Å². The van der Waals surface area contributed by atoms with Gasteiger partial charge in [-0.05, 0) is 55.1 Å². The molecule has 0 aliphatic carbocycles. The van der Waals surface area contributed by atoms with E-state index >= 15 is 0 Å². The summed E-state index contributed by atoms with van der Waals surface area (Å²) in [4.78, 5) is 2.51. The standard InChI is InChI=1S/C24H26ClN/c1-20-12-14-22(15-13-20)18-26(19-23-9-5-11-24(25)17-23)16-6-10-21-7-3-2-4-8-21/h2-5,7-9,11-15,17H,6,10,16,18-19H2,1H3. The van der Waals surface area contributed by atoms with Crippen molar-refractivity contribution in [3.63, 3.8) is 0 Å². The highest BCUT2D eigenvalue weighted by Gasteiger charge is 2.08. The van der Waals surface area contributed by atoms with Crippen LogP contribution in [0.5, 0.6) is 0 Å². The predicted octanol–water partition coefficient (Wildman–Crippen LogP) is 6.28. The quantitative estimate of drug-likeness (QED) is 0.455. The SMILES string of the molecule is Cc1ccc(CN(CCCc2ccccc2)Cc2cccc(Cl)c2)cc1. The zero-order valence-corrected chi connectivity index (χ0v) is 16.1. The molecule has 0 unspecified atom stereocenters. The summed E-state index contributed by atoms with van der Waals surface area (Å²) in [6.45, 7) is 5.08. The van der Waals surface area contributed by atoms with E-state index in [-0.39, 0.29) is 0 Å². The van der Waals surface area contributed by atoms with Crippen LogP contribution in [-0.2, 0) is 19.5 Å². The number of hydrogen-bond acceptors (Lipinski definition) is 1. The largest absolute Gasteiger partial charge is 0.295 e. The Morgan fingerprint density at radius 2 is 1.42 bits per heavy atom. The minimum atomic E-state index is 0.807. The van der Waals surface area contributed by atoms with Crippen molar-refractivity contribution >= 4 is 11.6 Å². The van der Waals surface area contributed by atoms with Gasteiger partial charge in [-0.2, -0.15) is 0 Å². The molecule has 134 valence electrons. The molecule has 0 aliphatic heterocycles. The second-order valence-corrected chi connectivity index (χ2v) is 7.35. The van der Waals surface area contributed by atoms with Crippen LogP contribution >= 0.6 is 11.6 Å². The third kappa shape index (κ3) is 6.01. The molecule has 0 saturated heterocycles. The molecule has 0 heterocycles. The van der Waals surface area contributed by atoms with Gasteiger partial charge in [-0.3, -0.25) is 4.90 Å². The van der Waals surface area contributed by atoms with Gasteiger partial charge in [-0.25, -0.2) is 0 Å². The Hall–Kier alpha value is -2.09. The molecule has 0 atom stereocenters. The van der Waals surface area contributed by atoms with Gasteiger partial charge in [0, 0.05) is 18.1 Å². The molecule has 0 N–H and O–H groups in total. The zero-order chi connectivity index (χ0) is 18.2. The summed E-state index contributed by atoms with van der Waals surface area (Å²) in [5, 5.41) is 0.807. The second kappa shape index (κ2) is 9.56. The molecule has 3 aromatic carbocycles. The molecule has 0 amide bonds. The van der Waals surface area contributed by atoms with Crippen LogP contribution in [0.3, 0.4) is 0 Å². The molecule has 0 radical (unpaired) electrons. The average molecular weight is 364 g/mol. The van der Waals surface area contributed by atoms with E-state index in [9.17, 15) is 0 Å². The summed E-state index contributed by atoms with van der Waals surface area (Å²) < 4.78 is 0. The summed E-state index contributed by atoms with van der Waals surface area (Å²) in [5.41, 5.74) is 5.34. The molecule has 0 aromatic heterocycles. The molecule has 3 rings (SSSR count). The number of halogens is 1. The van der Waals surface area contributed by atoms with E-state index < -0.39 is 0 Å². The van der Waals surface area contributed by atoms with E-state index in [1.54, 1.807) is 0 Å². The van der Waals surface area contributed by atoms with Crippen LogP contribution in [0.4, 0.5) is 0 Å². The Morgan fingerprint density at radius 3 is 2.15 bits per heavy atom. The Labute approximate surface area is 162 Å². The van der Waals surface area contributed by atoms with Crippen molar-refractivity contribution in [1.82, 2.24) is 4.90 Å². The molecule has 0 fully saturated rings. The van der Waals surface area contributed by atoms with E-state index in [0.717, 1.165) is 37.5 Å². The number of aryl methyl sites for hydroxylation is 2. The van der Waals surface area contributed by atoms with Gasteiger partial charge in [-0.1, -0.05) is 83.9 Å². The van der Waals surface area contributed by atoms with Crippen LogP contribution in [0.15, 0.2) is 78.9 Å². The maximum absolute atomic E-state index is 6.17. The molecule has 0 bridgehead atoms. The third-order valence-corrected chi connectivity index (χ3v) is 4.84. The lowest BCUT2D eigenvalue weighted by atomic mass is 10.1. The van der Waals surface area contributed by atoms with E-state index in [1.807, 2.05) is 12.1 Å². The fraction of sp³-hybridized carbons (Fsp3) is 0.250. The summed E-state index contributed by atoms with van der Waals surface area (Å²) in [5.74, 6) is 0. The number of nitrogens with zero attached hydrogens (tertiary/aromatic N) is 1. The van der Waals surface area contributed by atoms with Crippen molar-refractivity contribution in [2.45, 2.75) is 32.9 Å². The Morgan fingerprint density at radius 1 is 0.731 bits per heavy atom. The summed E-state index contributed by atoms with van der Waals surface area (Å²) in [6.07, 6.45) is 2.26. The molecule has 0 spiro atoms. The molecule has 1 nitrogen and oxygen atoms in total. The van der Waals surface area contributed by atoms with Crippen LogP contribution in [-0.4, -0.2) is 11.4 Å². The Bertz CT molecular complexity index is 796. The van der Waals surface area contributed by atoms with E-state index in [2.05, 4.69) is 78.6 Å². The Balaban J connectivity index is 1.64. The van der Waals surface area contributed by atoms with Crippen LogP contribution < -0.4 is 0 Å². The fourth-order valence-corrected chi connectivity index (χ4v) is 3.42. The van der Waals surface area contributed by atoms with Crippen molar-refractivity contribution in [1.29, 1.82) is 0 Å². The van der Waals surface area contributed by atoms with Gasteiger partial charge in [0.1, 0.15) is 0 Å². The van der Waals surface area contributed by atoms with Crippen molar-refractivity contribution < 1.29 is 0 Å². The third-order valence-electron chi connectivity index (χ3n) is 4.60. The lowest BCUT2D eigenvalue weighted by Gasteiger charge is -2.23. The average Bonchev–Trinajstić information content (AvgIpc) is 2.64. The highest BCUT2D eigenvalue weighted by molar-refractivity contribution is 6.30. The number of hydrogen-bond donors (Lipinski definition) is 0. The lowest BCUT2D eigenvalue weighted by Crippen LogP contribution is -2.24. The summed E-state index contributed by atoms with van der Waals surface area (Å²) >= 11 is 6.17. The maximum atomic E-state index is 6.17. The zero-order valence-electron chi connectivity index (χ0n) is 15.4. The topological polar surface area (TPSA) is 3.24 Å². The van der Waals surface area contributed by atoms with Crippen LogP contribution in [0.1, 0.15) is 28.7 Å². The van der Waals surface area contributed by atoms with Crippen molar-refractivity contribution in [3.8, 4) is 0 Å². The number of benzene rings is 3. The molecule has 0 saturated carbocycles.